The van der Waals surface area contributed by atoms with Gasteiger partial charge in [-0.25, -0.2) is 9.97 Å². The predicted octanol–water partition coefficient (Wildman–Crippen LogP) is 11.5. The Kier molecular flexibility index (Phi) is 5.63. The van der Waals surface area contributed by atoms with Gasteiger partial charge >= 0.3 is 0 Å². The first-order valence-electron chi connectivity index (χ1n) is 16.6. The second kappa shape index (κ2) is 9.97. The van der Waals surface area contributed by atoms with E-state index in [1.54, 1.807) is 0 Å². The van der Waals surface area contributed by atoms with E-state index in [9.17, 15) is 0 Å². The van der Waals surface area contributed by atoms with Gasteiger partial charge < -0.3 is 0 Å². The molecule has 226 valence electrons. The molecular formula is C45H31N3. The van der Waals surface area contributed by atoms with Crippen LogP contribution in [0.4, 0.5) is 0 Å². The molecule has 0 spiro atoms. The summed E-state index contributed by atoms with van der Waals surface area (Å²) in [4.78, 5) is 11.1. The highest BCUT2D eigenvalue weighted by molar-refractivity contribution is 6.14. The fourth-order valence-corrected chi connectivity index (χ4v) is 8.03. The lowest BCUT2D eigenvalue weighted by Gasteiger charge is -2.22. The highest BCUT2D eigenvalue weighted by atomic mass is 15.1. The maximum atomic E-state index is 5.58. The summed E-state index contributed by atoms with van der Waals surface area (Å²) < 4.78 is 2.34. The molecule has 0 bridgehead atoms. The van der Waals surface area contributed by atoms with Crippen molar-refractivity contribution in [3.8, 4) is 39.3 Å². The van der Waals surface area contributed by atoms with Crippen LogP contribution in [0.1, 0.15) is 25.0 Å². The standard InChI is InChI=1S/C45H31N3/c1-45(2)36-20-10-8-18-33(36)42-34(19-12-21-37(42)45)43-44(47-38-24-23-31(26-39(38)46-43)28-13-4-3-5-14-28)48-40-22-11-9-17-32(40)35-25-29-15-6-7-16-30(29)27-41(35)48/h3-27H,1-2H3. The minimum absolute atomic E-state index is 0.126. The lowest BCUT2D eigenvalue weighted by Crippen LogP contribution is -2.14. The Morgan fingerprint density at radius 3 is 2.06 bits per heavy atom. The van der Waals surface area contributed by atoms with Crippen LogP contribution in [-0.4, -0.2) is 14.5 Å². The molecule has 0 N–H and O–H groups in total. The Morgan fingerprint density at radius 1 is 0.479 bits per heavy atom. The first-order chi connectivity index (χ1) is 23.6. The lowest BCUT2D eigenvalue weighted by molar-refractivity contribution is 0.660. The third-order valence-corrected chi connectivity index (χ3v) is 10.4. The largest absolute Gasteiger partial charge is 0.292 e. The predicted molar refractivity (Wildman–Crippen MR) is 200 cm³/mol. The summed E-state index contributed by atoms with van der Waals surface area (Å²) in [5.74, 6) is 0.840. The van der Waals surface area contributed by atoms with Gasteiger partial charge in [0.1, 0.15) is 5.69 Å². The van der Waals surface area contributed by atoms with E-state index in [1.165, 1.54) is 43.8 Å². The fourth-order valence-electron chi connectivity index (χ4n) is 8.03. The Labute approximate surface area is 278 Å². The smallest absolute Gasteiger partial charge is 0.165 e. The minimum Gasteiger partial charge on any atom is -0.292 e. The van der Waals surface area contributed by atoms with Crippen LogP contribution in [0.5, 0.6) is 0 Å². The Balaban J connectivity index is 1.35. The van der Waals surface area contributed by atoms with E-state index in [-0.39, 0.29) is 5.41 Å². The van der Waals surface area contributed by atoms with Gasteiger partial charge in [0.05, 0.1) is 22.1 Å². The Morgan fingerprint density at radius 2 is 1.19 bits per heavy atom. The van der Waals surface area contributed by atoms with Crippen molar-refractivity contribution in [1.82, 2.24) is 14.5 Å². The average Bonchev–Trinajstić information content (AvgIpc) is 3.58. The molecule has 48 heavy (non-hydrogen) atoms. The number of nitrogens with zero attached hydrogens (tertiary/aromatic N) is 3. The number of hydrogen-bond donors (Lipinski definition) is 0. The van der Waals surface area contributed by atoms with Crippen molar-refractivity contribution in [3.05, 3.63) is 163 Å². The third kappa shape index (κ3) is 3.82. The van der Waals surface area contributed by atoms with Crippen molar-refractivity contribution in [2.24, 2.45) is 0 Å². The Bertz CT molecular complexity index is 2750. The van der Waals surface area contributed by atoms with Gasteiger partial charge in [-0.3, -0.25) is 4.57 Å². The van der Waals surface area contributed by atoms with Gasteiger partial charge in [-0.2, -0.15) is 0 Å². The molecule has 2 heterocycles. The molecule has 3 nitrogen and oxygen atoms in total. The van der Waals surface area contributed by atoms with Crippen LogP contribution < -0.4 is 0 Å². The average molecular weight is 614 g/mol. The fraction of sp³-hybridized carbons (Fsp3) is 0.0667. The number of aromatic nitrogens is 3. The van der Waals surface area contributed by atoms with Crippen LogP contribution in [0.2, 0.25) is 0 Å². The van der Waals surface area contributed by atoms with Crippen LogP contribution >= 0.6 is 0 Å². The van der Waals surface area contributed by atoms with Gasteiger partial charge in [0, 0.05) is 21.8 Å². The van der Waals surface area contributed by atoms with E-state index in [1.807, 2.05) is 0 Å². The number of para-hydroxylation sites is 1. The summed E-state index contributed by atoms with van der Waals surface area (Å²) in [5, 5.41) is 4.84. The highest BCUT2D eigenvalue weighted by Crippen LogP contribution is 2.52. The summed E-state index contributed by atoms with van der Waals surface area (Å²) in [7, 11) is 0. The van der Waals surface area contributed by atoms with Gasteiger partial charge in [0.2, 0.25) is 0 Å². The minimum atomic E-state index is -0.126. The van der Waals surface area contributed by atoms with E-state index in [4.69, 9.17) is 9.97 Å². The maximum Gasteiger partial charge on any atom is 0.165 e. The van der Waals surface area contributed by atoms with Gasteiger partial charge in [-0.15, -0.1) is 0 Å². The molecule has 0 radical (unpaired) electrons. The van der Waals surface area contributed by atoms with Crippen molar-refractivity contribution in [3.63, 3.8) is 0 Å². The number of benzene rings is 7. The molecule has 0 fully saturated rings. The first-order valence-corrected chi connectivity index (χ1v) is 16.6. The molecule has 7 aromatic carbocycles. The summed E-state index contributed by atoms with van der Waals surface area (Å²) in [6, 6.07) is 54.5. The van der Waals surface area contributed by atoms with Gasteiger partial charge in [-0.1, -0.05) is 135 Å². The summed E-state index contributed by atoms with van der Waals surface area (Å²) >= 11 is 0. The van der Waals surface area contributed by atoms with Crippen LogP contribution in [0.3, 0.4) is 0 Å². The van der Waals surface area contributed by atoms with Crippen LogP contribution in [-0.2, 0) is 5.41 Å². The zero-order valence-corrected chi connectivity index (χ0v) is 26.8. The summed E-state index contributed by atoms with van der Waals surface area (Å²) in [6.07, 6.45) is 0. The van der Waals surface area contributed by atoms with Gasteiger partial charge in [0.15, 0.2) is 5.82 Å². The lowest BCUT2D eigenvalue weighted by atomic mass is 9.82. The number of hydrogen-bond acceptors (Lipinski definition) is 2. The number of fused-ring (bicyclic) bond motifs is 8. The van der Waals surface area contributed by atoms with Crippen molar-refractivity contribution in [2.45, 2.75) is 19.3 Å². The van der Waals surface area contributed by atoms with E-state index in [0.717, 1.165) is 50.3 Å². The molecule has 0 saturated heterocycles. The molecular weight excluding hydrogens is 583 g/mol. The molecule has 0 saturated carbocycles. The van der Waals surface area contributed by atoms with Crippen molar-refractivity contribution < 1.29 is 0 Å². The zero-order valence-electron chi connectivity index (χ0n) is 26.8. The maximum absolute atomic E-state index is 5.58. The molecule has 1 aliphatic rings. The molecule has 2 aromatic heterocycles. The topological polar surface area (TPSA) is 30.7 Å². The van der Waals surface area contributed by atoms with Crippen LogP contribution in [0.15, 0.2) is 152 Å². The molecule has 0 amide bonds. The molecule has 1 aliphatic carbocycles. The van der Waals surface area contributed by atoms with Crippen molar-refractivity contribution in [2.75, 3.05) is 0 Å². The number of rotatable bonds is 3. The van der Waals surface area contributed by atoms with E-state index in [0.29, 0.717) is 0 Å². The van der Waals surface area contributed by atoms with Crippen molar-refractivity contribution >= 4 is 43.6 Å². The normalized spacial score (nSPS) is 13.4. The summed E-state index contributed by atoms with van der Waals surface area (Å²) in [6.45, 7) is 4.66. The molecule has 3 heteroatoms. The van der Waals surface area contributed by atoms with E-state index in [2.05, 4.69) is 170 Å². The molecule has 9 aromatic rings. The molecule has 0 aliphatic heterocycles. The zero-order chi connectivity index (χ0) is 32.0. The third-order valence-electron chi connectivity index (χ3n) is 10.4. The molecule has 0 unspecified atom stereocenters. The first kappa shape index (κ1) is 27.1. The van der Waals surface area contributed by atoms with Crippen LogP contribution in [0, 0.1) is 0 Å². The SMILES string of the molecule is CC1(C)c2ccccc2-c2c(-c3nc4cc(-c5ccccc5)ccc4nc3-n3c4ccccc4c4cc5ccccc5cc43)cccc21. The Hall–Kier alpha value is -6.06. The quantitative estimate of drug-likeness (QED) is 0.198. The van der Waals surface area contributed by atoms with E-state index < -0.39 is 0 Å². The van der Waals surface area contributed by atoms with Crippen molar-refractivity contribution in [1.29, 1.82) is 0 Å². The monoisotopic (exact) mass is 613 g/mol. The second-order valence-electron chi connectivity index (χ2n) is 13.4. The highest BCUT2D eigenvalue weighted by Gasteiger charge is 2.37. The van der Waals surface area contributed by atoms with Gasteiger partial charge in [-0.05, 0) is 74.5 Å². The van der Waals surface area contributed by atoms with Crippen LogP contribution in [0.25, 0.3) is 82.9 Å². The van der Waals surface area contributed by atoms with E-state index >= 15 is 0 Å². The second-order valence-corrected chi connectivity index (χ2v) is 13.4. The molecule has 0 atom stereocenters. The molecule has 10 rings (SSSR count). The van der Waals surface area contributed by atoms with Gasteiger partial charge in [0.25, 0.3) is 0 Å². The summed E-state index contributed by atoms with van der Waals surface area (Å²) in [5.41, 5.74) is 13.3.